The van der Waals surface area contributed by atoms with Gasteiger partial charge in [0.1, 0.15) is 0 Å². The maximum Gasteiger partial charge on any atom is 0.338 e. The van der Waals surface area contributed by atoms with Crippen molar-refractivity contribution in [3.63, 3.8) is 0 Å². The molecule has 1 N–H and O–H groups in total. The third-order valence-electron chi connectivity index (χ3n) is 3.92. The second kappa shape index (κ2) is 7.51. The third kappa shape index (κ3) is 3.67. The lowest BCUT2D eigenvalue weighted by atomic mass is 9.95. The highest BCUT2D eigenvalue weighted by Crippen LogP contribution is 2.34. The van der Waals surface area contributed by atoms with E-state index in [0.717, 1.165) is 12.8 Å². The van der Waals surface area contributed by atoms with Crippen LogP contribution >= 0.6 is 11.6 Å². The Bertz CT molecular complexity index is 642. The number of amides is 2. The van der Waals surface area contributed by atoms with E-state index in [-0.39, 0.29) is 6.03 Å². The van der Waals surface area contributed by atoms with Crippen LogP contribution in [-0.4, -0.2) is 30.6 Å². The number of esters is 1. The summed E-state index contributed by atoms with van der Waals surface area (Å²) in [6, 6.07) is 6.26. The van der Waals surface area contributed by atoms with E-state index >= 15 is 0 Å². The Morgan fingerprint density at radius 2 is 2.09 bits per heavy atom. The van der Waals surface area contributed by atoms with Crippen LogP contribution in [0.4, 0.5) is 4.79 Å². The molecule has 5 nitrogen and oxygen atoms in total. The van der Waals surface area contributed by atoms with Gasteiger partial charge < -0.3 is 15.0 Å². The maximum atomic E-state index is 12.5. The van der Waals surface area contributed by atoms with Crippen molar-refractivity contribution in [3.8, 4) is 0 Å². The zero-order valence-electron chi connectivity index (χ0n) is 13.6. The molecule has 0 aliphatic carbocycles. The van der Waals surface area contributed by atoms with Crippen LogP contribution in [0, 0.1) is 0 Å². The average Bonchev–Trinajstić information content (AvgIpc) is 2.53. The molecule has 6 heteroatoms. The van der Waals surface area contributed by atoms with Gasteiger partial charge >= 0.3 is 12.0 Å². The first-order valence-electron chi connectivity index (χ1n) is 7.63. The van der Waals surface area contributed by atoms with E-state index in [4.69, 9.17) is 16.3 Å². The highest BCUT2D eigenvalue weighted by molar-refractivity contribution is 6.31. The van der Waals surface area contributed by atoms with E-state index in [2.05, 4.69) is 5.32 Å². The molecule has 2 amide bonds. The van der Waals surface area contributed by atoms with E-state index in [9.17, 15) is 9.59 Å². The Kier molecular flexibility index (Phi) is 5.66. The number of hydrogen-bond acceptors (Lipinski definition) is 3. The minimum atomic E-state index is -0.610. The van der Waals surface area contributed by atoms with Gasteiger partial charge in [-0.25, -0.2) is 9.59 Å². The number of allylic oxidation sites excluding steroid dienone is 1. The summed E-state index contributed by atoms with van der Waals surface area (Å²) in [6.07, 6.45) is 1.74. The van der Waals surface area contributed by atoms with Crippen LogP contribution in [0.3, 0.4) is 0 Å². The second-order valence-electron chi connectivity index (χ2n) is 5.45. The molecule has 124 valence electrons. The number of halogens is 1. The van der Waals surface area contributed by atoms with Gasteiger partial charge in [0, 0.05) is 17.8 Å². The Labute approximate surface area is 141 Å². The zero-order chi connectivity index (χ0) is 17.0. The number of carbonyl (C=O) groups is 2. The van der Waals surface area contributed by atoms with Crippen LogP contribution in [0.5, 0.6) is 0 Å². The highest BCUT2D eigenvalue weighted by Gasteiger charge is 2.35. The van der Waals surface area contributed by atoms with Crippen LogP contribution in [0.2, 0.25) is 5.02 Å². The molecular weight excluding hydrogens is 316 g/mol. The van der Waals surface area contributed by atoms with E-state index in [1.165, 1.54) is 4.90 Å². The summed E-state index contributed by atoms with van der Waals surface area (Å²) in [5.41, 5.74) is 1.66. The molecule has 0 saturated heterocycles. The molecule has 0 aromatic heterocycles. The van der Waals surface area contributed by atoms with Crippen molar-refractivity contribution >= 4 is 23.6 Å². The summed E-state index contributed by atoms with van der Waals surface area (Å²) in [6.45, 7) is 4.12. The number of rotatable bonds is 5. The summed E-state index contributed by atoms with van der Waals surface area (Å²) in [4.78, 5) is 26.0. The molecule has 2 rings (SSSR count). The Balaban J connectivity index is 2.40. The molecule has 0 bridgehead atoms. The minimum absolute atomic E-state index is 0.280. The van der Waals surface area contributed by atoms with Gasteiger partial charge in [-0.2, -0.15) is 0 Å². The first-order chi connectivity index (χ1) is 11.0. The van der Waals surface area contributed by atoms with Gasteiger partial charge in [-0.1, -0.05) is 43.1 Å². The van der Waals surface area contributed by atoms with Crippen LogP contribution in [-0.2, 0) is 9.53 Å². The SMILES string of the molecule is CCCCOC(=O)C1=C(C)N(C)C(=O)NC1c1ccccc1Cl. The van der Waals surface area contributed by atoms with E-state index in [1.54, 1.807) is 32.2 Å². The third-order valence-corrected chi connectivity index (χ3v) is 4.27. The lowest BCUT2D eigenvalue weighted by Gasteiger charge is -2.33. The van der Waals surface area contributed by atoms with E-state index < -0.39 is 12.0 Å². The van der Waals surface area contributed by atoms with Gasteiger partial charge in [-0.3, -0.25) is 0 Å². The fraction of sp³-hybridized carbons (Fsp3) is 0.412. The largest absolute Gasteiger partial charge is 0.462 e. The fourth-order valence-electron chi connectivity index (χ4n) is 2.43. The Morgan fingerprint density at radius 1 is 1.39 bits per heavy atom. The number of urea groups is 1. The molecule has 1 aromatic rings. The molecule has 1 heterocycles. The molecule has 1 aromatic carbocycles. The fourth-order valence-corrected chi connectivity index (χ4v) is 2.67. The van der Waals surface area contributed by atoms with Crippen molar-refractivity contribution in [3.05, 3.63) is 46.1 Å². The monoisotopic (exact) mass is 336 g/mol. The number of unbranched alkanes of at least 4 members (excludes halogenated alkanes) is 1. The normalized spacial score (nSPS) is 18.0. The number of benzene rings is 1. The molecule has 0 saturated carbocycles. The molecular formula is C17H21ClN2O3. The second-order valence-corrected chi connectivity index (χ2v) is 5.86. The van der Waals surface area contributed by atoms with Gasteiger partial charge in [0.25, 0.3) is 0 Å². The number of ether oxygens (including phenoxy) is 1. The minimum Gasteiger partial charge on any atom is -0.462 e. The topological polar surface area (TPSA) is 58.6 Å². The molecule has 1 aliphatic heterocycles. The molecule has 0 spiro atoms. The van der Waals surface area contributed by atoms with Gasteiger partial charge in [-0.05, 0) is 25.0 Å². The molecule has 0 fully saturated rings. The molecule has 1 unspecified atom stereocenters. The molecule has 1 atom stereocenters. The average molecular weight is 337 g/mol. The van der Waals surface area contributed by atoms with Crippen LogP contribution < -0.4 is 5.32 Å². The molecule has 1 aliphatic rings. The molecule has 23 heavy (non-hydrogen) atoms. The van der Waals surface area contributed by atoms with Crippen molar-refractivity contribution in [2.75, 3.05) is 13.7 Å². The smallest absolute Gasteiger partial charge is 0.338 e. The summed E-state index contributed by atoms with van der Waals surface area (Å²) in [7, 11) is 1.62. The van der Waals surface area contributed by atoms with Gasteiger partial charge in [0.15, 0.2) is 0 Å². The zero-order valence-corrected chi connectivity index (χ0v) is 14.3. The summed E-state index contributed by atoms with van der Waals surface area (Å²) in [5, 5.41) is 3.31. The van der Waals surface area contributed by atoms with Gasteiger partial charge in [0.2, 0.25) is 0 Å². The van der Waals surface area contributed by atoms with Gasteiger partial charge in [0.05, 0.1) is 18.2 Å². The first kappa shape index (κ1) is 17.3. The quantitative estimate of drug-likeness (QED) is 0.659. The lowest BCUT2D eigenvalue weighted by molar-refractivity contribution is -0.139. The molecule has 0 radical (unpaired) electrons. The van der Waals surface area contributed by atoms with Crippen molar-refractivity contribution < 1.29 is 14.3 Å². The van der Waals surface area contributed by atoms with Crippen molar-refractivity contribution in [2.24, 2.45) is 0 Å². The highest BCUT2D eigenvalue weighted by atomic mass is 35.5. The van der Waals surface area contributed by atoms with Crippen molar-refractivity contribution in [1.82, 2.24) is 10.2 Å². The van der Waals surface area contributed by atoms with Gasteiger partial charge in [-0.15, -0.1) is 0 Å². The van der Waals surface area contributed by atoms with Crippen molar-refractivity contribution in [1.29, 1.82) is 0 Å². The summed E-state index contributed by atoms with van der Waals surface area (Å²) >= 11 is 6.25. The first-order valence-corrected chi connectivity index (χ1v) is 8.01. The predicted molar refractivity (Wildman–Crippen MR) is 89.1 cm³/mol. The van der Waals surface area contributed by atoms with Crippen molar-refractivity contribution in [2.45, 2.75) is 32.7 Å². The Morgan fingerprint density at radius 3 is 2.74 bits per heavy atom. The van der Waals surface area contributed by atoms with Crippen LogP contribution in [0.1, 0.15) is 38.3 Å². The lowest BCUT2D eigenvalue weighted by Crippen LogP contribution is -2.46. The summed E-state index contributed by atoms with van der Waals surface area (Å²) in [5.74, 6) is -0.423. The predicted octanol–water partition coefficient (Wildman–Crippen LogP) is 3.65. The Hall–Kier alpha value is -2.01. The number of carbonyl (C=O) groups excluding carboxylic acids is 2. The van der Waals surface area contributed by atoms with Crippen LogP contribution in [0.15, 0.2) is 35.5 Å². The standard InChI is InChI=1S/C17H21ClN2O3/c1-4-5-10-23-16(21)14-11(2)20(3)17(22)19-15(14)12-8-6-7-9-13(12)18/h6-9,15H,4-5,10H2,1-3H3,(H,19,22). The number of nitrogens with zero attached hydrogens (tertiary/aromatic N) is 1. The van der Waals surface area contributed by atoms with E-state index in [0.29, 0.717) is 28.5 Å². The number of hydrogen-bond donors (Lipinski definition) is 1. The van der Waals surface area contributed by atoms with Crippen LogP contribution in [0.25, 0.3) is 0 Å². The number of nitrogens with one attached hydrogen (secondary N) is 1. The maximum absolute atomic E-state index is 12.5. The van der Waals surface area contributed by atoms with E-state index in [1.807, 2.05) is 13.0 Å². The summed E-state index contributed by atoms with van der Waals surface area (Å²) < 4.78 is 5.35.